The van der Waals surface area contributed by atoms with Gasteiger partial charge in [-0.3, -0.25) is 9.79 Å². The first kappa shape index (κ1) is 21.2. The molecule has 6 heteroatoms. The van der Waals surface area contributed by atoms with Crippen LogP contribution in [-0.2, 0) is 17.9 Å². The lowest BCUT2D eigenvalue weighted by atomic mass is 9.90. The Balaban J connectivity index is 1.44. The number of nitrogens with one attached hydrogen (secondary N) is 2. The maximum absolute atomic E-state index is 12.0. The van der Waals surface area contributed by atoms with Gasteiger partial charge in [0.2, 0.25) is 5.91 Å². The lowest BCUT2D eigenvalue weighted by Gasteiger charge is -2.38. The number of guanidine groups is 1. The van der Waals surface area contributed by atoms with Crippen LogP contribution in [0.3, 0.4) is 0 Å². The van der Waals surface area contributed by atoms with Crippen LogP contribution in [0.2, 0.25) is 0 Å². The molecule has 2 N–H and O–H groups in total. The molecular formula is C25H32N4O2. The van der Waals surface area contributed by atoms with Crippen molar-refractivity contribution in [2.75, 3.05) is 13.6 Å². The van der Waals surface area contributed by atoms with E-state index in [1.54, 1.807) is 7.05 Å². The van der Waals surface area contributed by atoms with E-state index in [-0.39, 0.29) is 17.6 Å². The van der Waals surface area contributed by atoms with E-state index in [1.807, 2.05) is 35.2 Å². The number of rotatable bonds is 5. The predicted molar refractivity (Wildman–Crippen MR) is 123 cm³/mol. The summed E-state index contributed by atoms with van der Waals surface area (Å²) < 4.78 is 6.15. The van der Waals surface area contributed by atoms with Gasteiger partial charge in [-0.1, -0.05) is 42.5 Å². The van der Waals surface area contributed by atoms with Gasteiger partial charge in [0.25, 0.3) is 0 Å². The minimum absolute atomic E-state index is 0.114. The molecule has 0 aliphatic carbocycles. The first-order valence-corrected chi connectivity index (χ1v) is 11.0. The Morgan fingerprint density at radius 3 is 2.65 bits per heavy atom. The van der Waals surface area contributed by atoms with Crippen LogP contribution < -0.4 is 15.4 Å². The third kappa shape index (κ3) is 5.01. The van der Waals surface area contributed by atoms with Crippen LogP contribution in [-0.4, -0.2) is 36.0 Å². The second-order valence-corrected chi connectivity index (χ2v) is 8.91. The Morgan fingerprint density at radius 1 is 1.16 bits per heavy atom. The first-order valence-electron chi connectivity index (χ1n) is 11.0. The minimum atomic E-state index is -0.250. The SMILES string of the molecule is CN=C(NCc1ccccc1CN1CCCC1=O)NC1CC(C)(C)Oc2ccccc21. The van der Waals surface area contributed by atoms with Crippen molar-refractivity contribution in [1.29, 1.82) is 0 Å². The molecule has 0 radical (unpaired) electrons. The molecule has 2 aliphatic heterocycles. The zero-order valence-electron chi connectivity index (χ0n) is 18.6. The van der Waals surface area contributed by atoms with Gasteiger partial charge in [-0.25, -0.2) is 0 Å². The van der Waals surface area contributed by atoms with Crippen LogP contribution in [0.25, 0.3) is 0 Å². The molecule has 164 valence electrons. The number of nitrogens with zero attached hydrogens (tertiary/aromatic N) is 2. The summed E-state index contributed by atoms with van der Waals surface area (Å²) in [6.45, 7) is 6.40. The number of fused-ring (bicyclic) bond motifs is 1. The molecule has 2 aliphatic rings. The Kier molecular flexibility index (Phi) is 6.16. The van der Waals surface area contributed by atoms with Crippen molar-refractivity contribution in [3.05, 3.63) is 65.2 Å². The summed E-state index contributed by atoms with van der Waals surface area (Å²) in [5.41, 5.74) is 3.26. The van der Waals surface area contributed by atoms with Crippen LogP contribution in [0.4, 0.5) is 0 Å². The van der Waals surface area contributed by atoms with Gasteiger partial charge in [0.1, 0.15) is 11.4 Å². The summed E-state index contributed by atoms with van der Waals surface area (Å²) in [5.74, 6) is 1.93. The van der Waals surface area contributed by atoms with Gasteiger partial charge in [-0.05, 0) is 37.5 Å². The van der Waals surface area contributed by atoms with Crippen molar-refractivity contribution in [3.63, 3.8) is 0 Å². The van der Waals surface area contributed by atoms with Gasteiger partial charge in [0.05, 0.1) is 6.04 Å². The summed E-state index contributed by atoms with van der Waals surface area (Å²) in [5, 5.41) is 7.04. The molecule has 0 aromatic heterocycles. The number of carbonyl (C=O) groups excluding carboxylic acids is 1. The van der Waals surface area contributed by atoms with Crippen LogP contribution >= 0.6 is 0 Å². The van der Waals surface area contributed by atoms with Crippen molar-refractivity contribution in [2.24, 2.45) is 4.99 Å². The Bertz CT molecular complexity index is 969. The fraction of sp³-hybridized carbons (Fsp3) is 0.440. The zero-order valence-corrected chi connectivity index (χ0v) is 18.6. The fourth-order valence-corrected chi connectivity index (χ4v) is 4.43. The summed E-state index contributed by atoms with van der Waals surface area (Å²) in [4.78, 5) is 18.5. The van der Waals surface area contributed by atoms with Gasteiger partial charge in [-0.15, -0.1) is 0 Å². The summed E-state index contributed by atoms with van der Waals surface area (Å²) in [7, 11) is 1.79. The second kappa shape index (κ2) is 9.00. The number of hydrogen-bond donors (Lipinski definition) is 2. The van der Waals surface area contributed by atoms with E-state index in [4.69, 9.17) is 4.74 Å². The number of amides is 1. The van der Waals surface area contributed by atoms with Crippen LogP contribution in [0.15, 0.2) is 53.5 Å². The van der Waals surface area contributed by atoms with Crippen LogP contribution in [0, 0.1) is 0 Å². The molecular weight excluding hydrogens is 388 g/mol. The van der Waals surface area contributed by atoms with Crippen molar-refractivity contribution in [2.45, 2.75) is 57.8 Å². The highest BCUT2D eigenvalue weighted by Crippen LogP contribution is 2.39. The molecule has 1 fully saturated rings. The van der Waals surface area contributed by atoms with Gasteiger partial charge in [0.15, 0.2) is 5.96 Å². The molecule has 1 amide bonds. The Morgan fingerprint density at radius 2 is 1.90 bits per heavy atom. The molecule has 0 bridgehead atoms. The maximum Gasteiger partial charge on any atom is 0.222 e. The molecule has 1 atom stereocenters. The Hall–Kier alpha value is -3.02. The van der Waals surface area contributed by atoms with E-state index in [0.717, 1.165) is 36.7 Å². The fourth-order valence-electron chi connectivity index (χ4n) is 4.43. The lowest BCUT2D eigenvalue weighted by Crippen LogP contribution is -2.45. The maximum atomic E-state index is 12.0. The van der Waals surface area contributed by atoms with Crippen LogP contribution in [0.1, 0.15) is 55.8 Å². The number of para-hydroxylation sites is 1. The van der Waals surface area contributed by atoms with Gasteiger partial charge in [-0.2, -0.15) is 0 Å². The average Bonchev–Trinajstić information content (AvgIpc) is 3.15. The molecule has 6 nitrogen and oxygen atoms in total. The highest BCUT2D eigenvalue weighted by atomic mass is 16.5. The highest BCUT2D eigenvalue weighted by Gasteiger charge is 2.34. The third-order valence-electron chi connectivity index (χ3n) is 6.01. The number of carbonyl (C=O) groups is 1. The average molecular weight is 421 g/mol. The lowest BCUT2D eigenvalue weighted by molar-refractivity contribution is -0.128. The number of hydrogen-bond acceptors (Lipinski definition) is 3. The normalized spacial score (nSPS) is 20.2. The highest BCUT2D eigenvalue weighted by molar-refractivity contribution is 5.80. The van der Waals surface area contributed by atoms with Crippen LogP contribution in [0.5, 0.6) is 5.75 Å². The van der Waals surface area contributed by atoms with Gasteiger partial charge in [0, 0.05) is 45.1 Å². The van der Waals surface area contributed by atoms with Crippen molar-refractivity contribution in [1.82, 2.24) is 15.5 Å². The zero-order chi connectivity index (χ0) is 21.8. The van der Waals surface area contributed by atoms with Crippen molar-refractivity contribution in [3.8, 4) is 5.75 Å². The van der Waals surface area contributed by atoms with E-state index in [1.165, 1.54) is 11.1 Å². The van der Waals surface area contributed by atoms with E-state index < -0.39 is 0 Å². The van der Waals surface area contributed by atoms with E-state index in [2.05, 4.69) is 47.7 Å². The number of benzene rings is 2. The smallest absolute Gasteiger partial charge is 0.222 e. The second-order valence-electron chi connectivity index (χ2n) is 8.91. The number of aliphatic imine (C=N–C) groups is 1. The molecule has 31 heavy (non-hydrogen) atoms. The monoisotopic (exact) mass is 420 g/mol. The Labute approximate surface area is 184 Å². The quantitative estimate of drug-likeness (QED) is 0.571. The predicted octanol–water partition coefficient (Wildman–Crippen LogP) is 3.78. The van der Waals surface area contributed by atoms with Gasteiger partial charge < -0.3 is 20.3 Å². The summed E-state index contributed by atoms with van der Waals surface area (Å²) in [6.07, 6.45) is 2.47. The van der Waals surface area contributed by atoms with Crippen molar-refractivity contribution < 1.29 is 9.53 Å². The van der Waals surface area contributed by atoms with Crippen molar-refractivity contribution >= 4 is 11.9 Å². The number of ether oxygens (including phenoxy) is 1. The van der Waals surface area contributed by atoms with E-state index >= 15 is 0 Å². The van der Waals surface area contributed by atoms with E-state index in [0.29, 0.717) is 19.5 Å². The first-order chi connectivity index (χ1) is 14.9. The van der Waals surface area contributed by atoms with E-state index in [9.17, 15) is 4.79 Å². The minimum Gasteiger partial charge on any atom is -0.487 e. The molecule has 2 aromatic rings. The summed E-state index contributed by atoms with van der Waals surface area (Å²) in [6, 6.07) is 16.6. The standard InChI is InChI=1S/C25H32N4O2/c1-25(2)15-21(20-11-6-7-12-22(20)31-25)28-24(26-3)27-16-18-9-4-5-10-19(18)17-29-14-8-13-23(29)30/h4-7,9-12,21H,8,13-17H2,1-3H3,(H2,26,27,28). The molecule has 0 spiro atoms. The molecule has 1 saturated heterocycles. The summed E-state index contributed by atoms with van der Waals surface area (Å²) >= 11 is 0. The molecule has 2 heterocycles. The number of likely N-dealkylation sites (tertiary alicyclic amines) is 1. The molecule has 2 aromatic carbocycles. The third-order valence-corrected chi connectivity index (χ3v) is 6.01. The van der Waals surface area contributed by atoms with Gasteiger partial charge >= 0.3 is 0 Å². The largest absolute Gasteiger partial charge is 0.487 e. The molecule has 0 saturated carbocycles. The topological polar surface area (TPSA) is 66.0 Å². The molecule has 4 rings (SSSR count). The molecule has 1 unspecified atom stereocenters.